The first-order valence-electron chi connectivity index (χ1n) is 8.38. The van der Waals surface area contributed by atoms with Gasteiger partial charge in [-0.15, -0.1) is 0 Å². The van der Waals surface area contributed by atoms with Gasteiger partial charge in [-0.05, 0) is 56.7 Å². The normalized spacial score (nSPS) is 12.5. The topological polar surface area (TPSA) is 66.5 Å². The molecular weight excluding hydrogens is 355 g/mol. The number of amides is 1. The summed E-state index contributed by atoms with van der Waals surface area (Å²) in [4.78, 5) is 12.4. The van der Waals surface area contributed by atoms with E-state index in [9.17, 15) is 17.6 Å². The van der Waals surface area contributed by atoms with Crippen LogP contribution in [0.15, 0.2) is 53.4 Å². The number of halogens is 1. The third-order valence-corrected chi connectivity index (χ3v) is 5.82. The van der Waals surface area contributed by atoms with Gasteiger partial charge in [0.2, 0.25) is 5.91 Å². The minimum atomic E-state index is -3.97. The van der Waals surface area contributed by atoms with Crippen molar-refractivity contribution >= 4 is 21.6 Å². The standard InChI is InChI=1S/C19H23FN2O3S/c1-4-15(3)21-19(23)13-22(17-9-7-16(20)8-10-17)26(24,25)18-11-5-14(2)6-12-18/h5-12,15H,4,13H2,1-3H3,(H,21,23)/t15-/m1/s1. The second kappa shape index (κ2) is 8.31. The summed E-state index contributed by atoms with van der Waals surface area (Å²) < 4.78 is 40.4. The Labute approximate surface area is 153 Å². The molecule has 0 aliphatic rings. The van der Waals surface area contributed by atoms with Gasteiger partial charge in [0.1, 0.15) is 12.4 Å². The lowest BCUT2D eigenvalue weighted by molar-refractivity contribution is -0.120. The number of nitrogens with zero attached hydrogens (tertiary/aromatic N) is 1. The molecule has 26 heavy (non-hydrogen) atoms. The summed E-state index contributed by atoms with van der Waals surface area (Å²) in [5, 5.41) is 2.75. The average Bonchev–Trinajstić information content (AvgIpc) is 2.60. The summed E-state index contributed by atoms with van der Waals surface area (Å²) in [6.45, 7) is 5.24. The molecule has 0 aromatic heterocycles. The van der Waals surface area contributed by atoms with Gasteiger partial charge in [0, 0.05) is 6.04 Å². The lowest BCUT2D eigenvalue weighted by atomic mass is 10.2. The minimum Gasteiger partial charge on any atom is -0.352 e. The summed E-state index contributed by atoms with van der Waals surface area (Å²) in [7, 11) is -3.97. The molecule has 0 fully saturated rings. The number of aryl methyl sites for hydroxylation is 1. The van der Waals surface area contributed by atoms with E-state index in [1.807, 2.05) is 20.8 Å². The third kappa shape index (κ3) is 4.82. The molecule has 0 radical (unpaired) electrons. The number of anilines is 1. The van der Waals surface area contributed by atoms with Gasteiger partial charge < -0.3 is 5.32 Å². The maximum Gasteiger partial charge on any atom is 0.264 e. The number of sulfonamides is 1. The number of nitrogens with one attached hydrogen (secondary N) is 1. The number of rotatable bonds is 7. The number of carbonyl (C=O) groups is 1. The Bertz CT molecular complexity index is 849. The number of carbonyl (C=O) groups excluding carboxylic acids is 1. The van der Waals surface area contributed by atoms with Gasteiger partial charge in [-0.2, -0.15) is 0 Å². The van der Waals surface area contributed by atoms with Crippen molar-refractivity contribution in [3.8, 4) is 0 Å². The number of benzene rings is 2. The molecule has 0 aliphatic carbocycles. The lowest BCUT2D eigenvalue weighted by Gasteiger charge is -2.25. The van der Waals surface area contributed by atoms with E-state index in [1.54, 1.807) is 12.1 Å². The van der Waals surface area contributed by atoms with Crippen LogP contribution in [0.1, 0.15) is 25.8 Å². The van der Waals surface area contributed by atoms with E-state index in [2.05, 4.69) is 5.32 Å². The zero-order valence-electron chi connectivity index (χ0n) is 15.1. The summed E-state index contributed by atoms with van der Waals surface area (Å²) in [6.07, 6.45) is 0.729. The number of hydrogen-bond acceptors (Lipinski definition) is 3. The predicted octanol–water partition coefficient (Wildman–Crippen LogP) is 3.24. The smallest absolute Gasteiger partial charge is 0.264 e. The second-order valence-corrected chi connectivity index (χ2v) is 8.04. The Balaban J connectivity index is 2.40. The van der Waals surface area contributed by atoms with Gasteiger partial charge in [-0.1, -0.05) is 24.6 Å². The fraction of sp³-hybridized carbons (Fsp3) is 0.316. The van der Waals surface area contributed by atoms with Gasteiger partial charge in [-0.25, -0.2) is 12.8 Å². The van der Waals surface area contributed by atoms with Crippen molar-refractivity contribution in [2.75, 3.05) is 10.8 Å². The Morgan fingerprint density at radius 2 is 1.69 bits per heavy atom. The van der Waals surface area contributed by atoms with E-state index in [0.717, 1.165) is 16.3 Å². The van der Waals surface area contributed by atoms with Crippen molar-refractivity contribution in [1.29, 1.82) is 0 Å². The highest BCUT2D eigenvalue weighted by atomic mass is 32.2. The minimum absolute atomic E-state index is 0.0698. The first kappa shape index (κ1) is 19.9. The SMILES string of the molecule is CC[C@@H](C)NC(=O)CN(c1ccc(F)cc1)S(=O)(=O)c1ccc(C)cc1. The predicted molar refractivity (Wildman–Crippen MR) is 100 cm³/mol. The van der Waals surface area contributed by atoms with Crippen LogP contribution in [0.4, 0.5) is 10.1 Å². The Hall–Kier alpha value is -2.41. The van der Waals surface area contributed by atoms with Crippen LogP contribution in [0.5, 0.6) is 0 Å². The molecule has 2 rings (SSSR count). The van der Waals surface area contributed by atoms with E-state index >= 15 is 0 Å². The van der Waals surface area contributed by atoms with E-state index in [0.29, 0.717) is 0 Å². The fourth-order valence-electron chi connectivity index (χ4n) is 2.31. The third-order valence-electron chi connectivity index (χ3n) is 4.03. The van der Waals surface area contributed by atoms with Gasteiger partial charge in [0.15, 0.2) is 0 Å². The molecule has 1 amide bonds. The molecule has 0 saturated heterocycles. The van der Waals surface area contributed by atoms with Gasteiger partial charge in [-0.3, -0.25) is 9.10 Å². The highest BCUT2D eigenvalue weighted by Crippen LogP contribution is 2.24. The molecular formula is C19H23FN2O3S. The summed E-state index contributed by atoms with van der Waals surface area (Å²) in [5.74, 6) is -0.898. The summed E-state index contributed by atoms with van der Waals surface area (Å²) >= 11 is 0. The van der Waals surface area contributed by atoms with Crippen LogP contribution in [0.25, 0.3) is 0 Å². The molecule has 1 atom stereocenters. The summed E-state index contributed by atoms with van der Waals surface area (Å²) in [5.41, 5.74) is 1.15. The van der Waals surface area contributed by atoms with Crippen LogP contribution in [0.2, 0.25) is 0 Å². The summed E-state index contributed by atoms with van der Waals surface area (Å²) in [6, 6.07) is 11.3. The zero-order valence-corrected chi connectivity index (χ0v) is 15.9. The van der Waals surface area contributed by atoms with Crippen molar-refractivity contribution < 1.29 is 17.6 Å². The molecule has 0 heterocycles. The lowest BCUT2D eigenvalue weighted by Crippen LogP contribution is -2.43. The first-order chi connectivity index (χ1) is 12.2. The highest BCUT2D eigenvalue weighted by molar-refractivity contribution is 7.92. The van der Waals surface area contributed by atoms with Crippen LogP contribution in [0.3, 0.4) is 0 Å². The molecule has 1 N–H and O–H groups in total. The molecule has 5 nitrogen and oxygen atoms in total. The Kier molecular flexibility index (Phi) is 6.37. The average molecular weight is 378 g/mol. The van der Waals surface area contributed by atoms with Crippen LogP contribution < -0.4 is 9.62 Å². The monoisotopic (exact) mass is 378 g/mol. The van der Waals surface area contributed by atoms with Crippen LogP contribution in [0, 0.1) is 12.7 Å². The molecule has 2 aromatic rings. The quantitative estimate of drug-likeness (QED) is 0.804. The van der Waals surface area contributed by atoms with Gasteiger partial charge in [0.05, 0.1) is 10.6 Å². The number of hydrogen-bond donors (Lipinski definition) is 1. The molecule has 0 spiro atoms. The van der Waals surface area contributed by atoms with Crippen molar-refractivity contribution in [3.05, 3.63) is 59.9 Å². The van der Waals surface area contributed by atoms with Crippen LogP contribution in [-0.4, -0.2) is 26.9 Å². The maximum atomic E-state index is 13.2. The first-order valence-corrected chi connectivity index (χ1v) is 9.82. The molecule has 7 heteroatoms. The molecule has 140 valence electrons. The highest BCUT2D eigenvalue weighted by Gasteiger charge is 2.27. The van der Waals surface area contributed by atoms with Crippen LogP contribution in [-0.2, 0) is 14.8 Å². The van der Waals surface area contributed by atoms with Crippen LogP contribution >= 0.6 is 0 Å². The van der Waals surface area contributed by atoms with E-state index < -0.39 is 21.7 Å². The van der Waals surface area contributed by atoms with E-state index in [1.165, 1.54) is 36.4 Å². The largest absolute Gasteiger partial charge is 0.352 e. The van der Waals surface area contributed by atoms with Crippen molar-refractivity contribution in [1.82, 2.24) is 5.32 Å². The van der Waals surface area contributed by atoms with Crippen molar-refractivity contribution in [2.45, 2.75) is 38.1 Å². The molecule has 0 saturated carbocycles. The Morgan fingerprint density at radius 3 is 2.23 bits per heavy atom. The van der Waals surface area contributed by atoms with Gasteiger partial charge >= 0.3 is 0 Å². The second-order valence-electron chi connectivity index (χ2n) is 6.18. The van der Waals surface area contributed by atoms with Crippen molar-refractivity contribution in [3.63, 3.8) is 0 Å². The molecule has 2 aromatic carbocycles. The molecule has 0 bridgehead atoms. The molecule has 0 unspecified atom stereocenters. The van der Waals surface area contributed by atoms with Crippen molar-refractivity contribution in [2.24, 2.45) is 0 Å². The maximum absolute atomic E-state index is 13.2. The zero-order chi connectivity index (χ0) is 19.3. The molecule has 0 aliphatic heterocycles. The fourth-order valence-corrected chi connectivity index (χ4v) is 3.73. The van der Waals surface area contributed by atoms with E-state index in [4.69, 9.17) is 0 Å². The van der Waals surface area contributed by atoms with Gasteiger partial charge in [0.25, 0.3) is 10.0 Å². The van der Waals surface area contributed by atoms with E-state index in [-0.39, 0.29) is 23.2 Å². The Morgan fingerprint density at radius 1 is 1.12 bits per heavy atom.